The first kappa shape index (κ1) is 17.0. The normalized spacial score (nSPS) is 23.9. The molecular weight excluding hydrogens is 350 g/mol. The van der Waals surface area contributed by atoms with Gasteiger partial charge in [0.05, 0.1) is 0 Å². The number of halogens is 1. The Morgan fingerprint density at radius 1 is 1.27 bits per heavy atom. The Bertz CT molecular complexity index is 825. The molecule has 2 heterocycles. The van der Waals surface area contributed by atoms with Crippen molar-refractivity contribution in [3.8, 4) is 0 Å². The Morgan fingerprint density at radius 2 is 2.08 bits per heavy atom. The number of nitrogens with zero attached hydrogens (tertiary/aromatic N) is 2. The number of hydrogen-bond donors (Lipinski definition) is 1. The molecule has 1 N–H and O–H groups in total. The van der Waals surface area contributed by atoms with E-state index in [-0.39, 0.29) is 23.1 Å². The first-order chi connectivity index (χ1) is 12.6. The highest BCUT2D eigenvalue weighted by Gasteiger charge is 2.61. The second-order valence-electron chi connectivity index (χ2n) is 7.18. The molecule has 6 heteroatoms. The Hall–Kier alpha value is -2.40. The molecule has 2 aromatic rings. The number of hydrogen-bond acceptors (Lipinski definition) is 3. The van der Waals surface area contributed by atoms with Crippen molar-refractivity contribution in [2.45, 2.75) is 19.4 Å². The molecule has 1 spiro atoms. The van der Waals surface area contributed by atoms with Crippen LogP contribution in [0.4, 0.5) is 0 Å². The van der Waals surface area contributed by atoms with E-state index in [1.807, 2.05) is 17.0 Å². The number of aromatic nitrogens is 1. The zero-order valence-corrected chi connectivity index (χ0v) is 15.1. The first-order valence-electron chi connectivity index (χ1n) is 8.79. The molecule has 1 aromatic carbocycles. The largest absolute Gasteiger partial charge is 0.352 e. The van der Waals surface area contributed by atoms with E-state index in [0.717, 1.165) is 18.4 Å². The monoisotopic (exact) mass is 369 g/mol. The first-order valence-corrected chi connectivity index (χ1v) is 9.17. The average Bonchev–Trinajstić information content (AvgIpc) is 3.20. The molecule has 1 aliphatic carbocycles. The smallest absolute Gasteiger partial charge is 0.253 e. The summed E-state index contributed by atoms with van der Waals surface area (Å²) in [5.74, 6) is 0.0943. The summed E-state index contributed by atoms with van der Waals surface area (Å²) in [7, 11) is 0. The number of benzene rings is 1. The maximum absolute atomic E-state index is 12.6. The summed E-state index contributed by atoms with van der Waals surface area (Å²) in [6, 6.07) is 10.8. The molecule has 1 saturated heterocycles. The van der Waals surface area contributed by atoms with Gasteiger partial charge >= 0.3 is 0 Å². The van der Waals surface area contributed by atoms with Crippen molar-refractivity contribution < 1.29 is 9.59 Å². The molecule has 2 amide bonds. The number of pyridine rings is 1. The van der Waals surface area contributed by atoms with Crippen LogP contribution in [0.25, 0.3) is 0 Å². The predicted octanol–water partition coefficient (Wildman–Crippen LogP) is 2.90. The Morgan fingerprint density at radius 3 is 2.81 bits per heavy atom. The molecule has 2 atom stereocenters. The number of rotatable bonds is 4. The fourth-order valence-electron chi connectivity index (χ4n) is 3.83. The van der Waals surface area contributed by atoms with Crippen LogP contribution in [0.5, 0.6) is 0 Å². The van der Waals surface area contributed by atoms with E-state index < -0.39 is 0 Å². The third-order valence-corrected chi connectivity index (χ3v) is 5.71. The average molecular weight is 370 g/mol. The van der Waals surface area contributed by atoms with Crippen LogP contribution in [-0.4, -0.2) is 34.8 Å². The molecule has 1 aromatic heterocycles. The van der Waals surface area contributed by atoms with E-state index in [0.29, 0.717) is 30.2 Å². The lowest BCUT2D eigenvalue weighted by atomic mass is 10.0. The van der Waals surface area contributed by atoms with Crippen LogP contribution in [0.2, 0.25) is 5.02 Å². The lowest BCUT2D eigenvalue weighted by molar-refractivity contribution is -0.123. The number of carbonyl (C=O) groups is 2. The lowest BCUT2D eigenvalue weighted by Crippen LogP contribution is -2.31. The molecular formula is C20H20ClN3O2. The van der Waals surface area contributed by atoms with Crippen LogP contribution in [0.1, 0.15) is 28.8 Å². The summed E-state index contributed by atoms with van der Waals surface area (Å²) in [4.78, 5) is 31.0. The van der Waals surface area contributed by atoms with Crippen LogP contribution in [-0.2, 0) is 11.3 Å². The van der Waals surface area contributed by atoms with E-state index in [4.69, 9.17) is 11.6 Å². The van der Waals surface area contributed by atoms with Gasteiger partial charge in [-0.2, -0.15) is 0 Å². The summed E-state index contributed by atoms with van der Waals surface area (Å²) < 4.78 is 0. The van der Waals surface area contributed by atoms with Crippen LogP contribution >= 0.6 is 11.6 Å². The van der Waals surface area contributed by atoms with Gasteiger partial charge in [-0.25, -0.2) is 0 Å². The van der Waals surface area contributed by atoms with Crippen molar-refractivity contribution in [3.05, 3.63) is 64.9 Å². The third kappa shape index (κ3) is 3.31. The van der Waals surface area contributed by atoms with Gasteiger partial charge in [-0.3, -0.25) is 14.6 Å². The zero-order valence-electron chi connectivity index (χ0n) is 14.3. The van der Waals surface area contributed by atoms with Crippen molar-refractivity contribution in [1.29, 1.82) is 0 Å². The number of amides is 2. The van der Waals surface area contributed by atoms with Gasteiger partial charge in [0.25, 0.3) is 5.91 Å². The van der Waals surface area contributed by atoms with Gasteiger partial charge in [-0.15, -0.1) is 0 Å². The zero-order chi connectivity index (χ0) is 18.1. The van der Waals surface area contributed by atoms with Gasteiger partial charge in [0.2, 0.25) is 5.91 Å². The van der Waals surface area contributed by atoms with Crippen LogP contribution in [0.15, 0.2) is 48.8 Å². The topological polar surface area (TPSA) is 62.3 Å². The molecule has 134 valence electrons. The highest BCUT2D eigenvalue weighted by Crippen LogP contribution is 2.58. The minimum atomic E-state index is -0.0406. The molecule has 0 radical (unpaired) electrons. The number of carbonyl (C=O) groups excluding carboxylic acids is 2. The van der Waals surface area contributed by atoms with Gasteiger partial charge in [0.1, 0.15) is 0 Å². The lowest BCUT2D eigenvalue weighted by Gasteiger charge is -2.17. The van der Waals surface area contributed by atoms with Crippen molar-refractivity contribution >= 4 is 23.4 Å². The van der Waals surface area contributed by atoms with Crippen molar-refractivity contribution in [2.24, 2.45) is 11.3 Å². The molecule has 2 fully saturated rings. The van der Waals surface area contributed by atoms with E-state index >= 15 is 0 Å². The Kier molecular flexibility index (Phi) is 4.41. The number of nitrogens with one attached hydrogen (secondary N) is 1. The minimum absolute atomic E-state index is 0.00203. The molecule has 4 rings (SSSR count). The van der Waals surface area contributed by atoms with Crippen LogP contribution < -0.4 is 5.32 Å². The van der Waals surface area contributed by atoms with Gasteiger partial charge in [0.15, 0.2) is 0 Å². The van der Waals surface area contributed by atoms with Crippen molar-refractivity contribution in [2.75, 3.05) is 13.1 Å². The van der Waals surface area contributed by atoms with Crippen molar-refractivity contribution in [1.82, 2.24) is 15.2 Å². The standard InChI is InChI=1S/C20H20ClN3O2/c21-16-5-3-15(4-6-16)19(26)24-9-7-20(13-24)10-17(20)18(25)23-12-14-2-1-8-22-11-14/h1-6,8,11,17H,7,9-10,12-13H2,(H,23,25)/t17-,20-/m1/s1. The van der Waals surface area contributed by atoms with Gasteiger partial charge < -0.3 is 10.2 Å². The van der Waals surface area contributed by atoms with Gasteiger partial charge in [-0.1, -0.05) is 17.7 Å². The summed E-state index contributed by atoms with van der Waals surface area (Å²) in [6.07, 6.45) is 5.21. The molecule has 1 aliphatic heterocycles. The fraction of sp³-hybridized carbons (Fsp3) is 0.350. The van der Waals surface area contributed by atoms with E-state index in [9.17, 15) is 9.59 Å². The summed E-state index contributed by atoms with van der Waals surface area (Å²) >= 11 is 5.89. The minimum Gasteiger partial charge on any atom is -0.352 e. The molecule has 26 heavy (non-hydrogen) atoms. The summed E-state index contributed by atoms with van der Waals surface area (Å²) in [5.41, 5.74) is 1.59. The third-order valence-electron chi connectivity index (χ3n) is 5.46. The van der Waals surface area contributed by atoms with E-state index in [1.54, 1.807) is 36.7 Å². The SMILES string of the molecule is O=C(NCc1cccnc1)[C@H]1C[C@@]12CCN(C(=O)c1ccc(Cl)cc1)C2. The quantitative estimate of drug-likeness (QED) is 0.901. The highest BCUT2D eigenvalue weighted by molar-refractivity contribution is 6.30. The second kappa shape index (κ2) is 6.72. The molecule has 5 nitrogen and oxygen atoms in total. The molecule has 2 aliphatic rings. The molecule has 0 bridgehead atoms. The number of likely N-dealkylation sites (tertiary alicyclic amines) is 1. The summed E-state index contributed by atoms with van der Waals surface area (Å²) in [6.45, 7) is 1.85. The van der Waals surface area contributed by atoms with Crippen LogP contribution in [0.3, 0.4) is 0 Å². The Balaban J connectivity index is 1.33. The van der Waals surface area contributed by atoms with E-state index in [1.165, 1.54) is 0 Å². The second-order valence-corrected chi connectivity index (χ2v) is 7.62. The fourth-order valence-corrected chi connectivity index (χ4v) is 3.95. The molecule has 0 unspecified atom stereocenters. The van der Waals surface area contributed by atoms with E-state index in [2.05, 4.69) is 10.3 Å². The molecule has 1 saturated carbocycles. The summed E-state index contributed by atoms with van der Waals surface area (Å²) in [5, 5.41) is 3.61. The maximum atomic E-state index is 12.6. The van der Waals surface area contributed by atoms with Gasteiger partial charge in [-0.05, 0) is 48.7 Å². The van der Waals surface area contributed by atoms with Crippen LogP contribution in [0, 0.1) is 11.3 Å². The Labute approximate surface area is 157 Å². The predicted molar refractivity (Wildman–Crippen MR) is 98.6 cm³/mol. The highest BCUT2D eigenvalue weighted by atomic mass is 35.5. The van der Waals surface area contributed by atoms with Gasteiger partial charge in [0, 0.05) is 53.9 Å². The maximum Gasteiger partial charge on any atom is 0.253 e. The van der Waals surface area contributed by atoms with Crippen molar-refractivity contribution in [3.63, 3.8) is 0 Å².